The molecule has 1 aliphatic rings. The van der Waals surface area contributed by atoms with Crippen molar-refractivity contribution in [2.75, 3.05) is 32.6 Å². The normalized spacial score (nSPS) is 23.1. The highest BCUT2D eigenvalue weighted by Crippen LogP contribution is 2.41. The summed E-state index contributed by atoms with van der Waals surface area (Å²) in [6.07, 6.45) is -3.65. The molecular weight excluding hydrogens is 576 g/mol. The van der Waals surface area contributed by atoms with Gasteiger partial charge in [-0.1, -0.05) is 16.9 Å². The number of aromatic nitrogens is 2. The van der Waals surface area contributed by atoms with E-state index in [1.807, 2.05) is 0 Å². The molecule has 0 spiro atoms. The zero-order valence-corrected chi connectivity index (χ0v) is 25.0. The second-order valence-corrected chi connectivity index (χ2v) is 11.2. The van der Waals surface area contributed by atoms with Gasteiger partial charge in [-0.3, -0.25) is 13.9 Å². The van der Waals surface area contributed by atoms with E-state index in [0.717, 1.165) is 11.5 Å². The molecule has 2 aromatic rings. The number of esters is 1. The van der Waals surface area contributed by atoms with Crippen LogP contribution in [0.3, 0.4) is 0 Å². The third-order valence-electron chi connectivity index (χ3n) is 5.92. The monoisotopic (exact) mass is 611 g/mol. The molecule has 2 heterocycles. The number of nitrogens with zero attached hydrogens (tertiary/aromatic N) is 4. The number of nitrogens with one attached hydrogen (secondary N) is 1. The van der Waals surface area contributed by atoms with Crippen molar-refractivity contribution >= 4 is 25.9 Å². The first-order chi connectivity index (χ1) is 19.7. The maximum absolute atomic E-state index is 15.7. The zero-order valence-electron chi connectivity index (χ0n) is 24.1. The van der Waals surface area contributed by atoms with Crippen molar-refractivity contribution in [3.05, 3.63) is 47.0 Å². The summed E-state index contributed by atoms with van der Waals surface area (Å²) >= 11 is 0. The molecule has 1 saturated heterocycles. The SMILES string of the molecule is CC(C)OC(=O)[C@H](C)N=[P+]([O-])Oc1ccccc1OC[C@H]1O[C@@H](n2ccc(NC(=O)CN(C)C)nc2=O)[C@](C)(F)[C@@H]1O. The van der Waals surface area contributed by atoms with Crippen LogP contribution in [-0.4, -0.2) is 88.7 Å². The van der Waals surface area contributed by atoms with Gasteiger partial charge in [0.25, 0.3) is 0 Å². The highest BCUT2D eigenvalue weighted by Gasteiger charge is 2.55. The van der Waals surface area contributed by atoms with Gasteiger partial charge in [0.2, 0.25) is 11.7 Å². The molecule has 14 nitrogen and oxygen atoms in total. The van der Waals surface area contributed by atoms with Gasteiger partial charge in [-0.15, -0.1) is 0 Å². The number of likely N-dealkylation sites (N-methyl/N-ethyl adjacent to an activating group) is 1. The third-order valence-corrected chi connectivity index (χ3v) is 6.80. The highest BCUT2D eigenvalue weighted by atomic mass is 31.1. The number of carbonyl (C=O) groups is 2. The molecule has 1 unspecified atom stereocenters. The van der Waals surface area contributed by atoms with Crippen LogP contribution in [0, 0.1) is 0 Å². The van der Waals surface area contributed by atoms with Gasteiger partial charge >= 0.3 is 19.8 Å². The van der Waals surface area contributed by atoms with Crippen molar-refractivity contribution in [3.8, 4) is 11.5 Å². The van der Waals surface area contributed by atoms with Gasteiger partial charge in [0.15, 0.2) is 23.7 Å². The van der Waals surface area contributed by atoms with Gasteiger partial charge in [-0.05, 0) is 60.0 Å². The second-order valence-electron chi connectivity index (χ2n) is 10.3. The predicted octanol–water partition coefficient (Wildman–Crippen LogP) is 1.38. The molecule has 6 atom stereocenters. The van der Waals surface area contributed by atoms with E-state index < -0.39 is 55.9 Å². The molecular formula is C26H35FN5O9P. The number of ether oxygens (including phenoxy) is 3. The Hall–Kier alpha value is -3.49. The summed E-state index contributed by atoms with van der Waals surface area (Å²) in [6.45, 7) is 5.54. The summed E-state index contributed by atoms with van der Waals surface area (Å²) in [7, 11) is 0.716. The van der Waals surface area contributed by atoms with Crippen LogP contribution >= 0.6 is 8.17 Å². The van der Waals surface area contributed by atoms with Gasteiger partial charge in [0.1, 0.15) is 24.6 Å². The second kappa shape index (κ2) is 14.1. The average Bonchev–Trinajstić information content (AvgIpc) is 3.10. The quantitative estimate of drug-likeness (QED) is 0.262. The number of benzene rings is 1. The number of alkyl halides is 1. The average molecular weight is 612 g/mol. The van der Waals surface area contributed by atoms with E-state index in [0.29, 0.717) is 0 Å². The lowest BCUT2D eigenvalue weighted by molar-refractivity contribution is -0.170. The smallest absolute Gasteiger partial charge is 0.395 e. The van der Waals surface area contributed by atoms with E-state index >= 15 is 4.39 Å². The third kappa shape index (κ3) is 8.52. The largest absolute Gasteiger partial charge is 0.575 e. The highest BCUT2D eigenvalue weighted by molar-refractivity contribution is 7.34. The molecule has 1 fully saturated rings. The molecule has 3 rings (SSSR count). The Morgan fingerprint density at radius 2 is 1.95 bits per heavy atom. The Labute approximate surface area is 243 Å². The fourth-order valence-electron chi connectivity index (χ4n) is 3.92. The van der Waals surface area contributed by atoms with Crippen LogP contribution in [0.4, 0.5) is 10.2 Å². The molecule has 2 N–H and O–H groups in total. The number of hydrogen-bond donors (Lipinski definition) is 2. The number of halogens is 1. The standard InChI is InChI=1S/C26H35FN5O9P/c1-15(2)39-23(35)16(3)30-42(37)41-18-10-8-7-9-17(18)38-14-19-22(34)26(4,27)24(40-19)32-12-11-20(29-25(32)36)28-21(33)13-31(5)6/h7-12,15-16,19,22,24,34H,13-14H2,1-6H3,(H,28,29,33,36)/t16-,19+,22+,24+,26+/m0/s1. The molecule has 230 valence electrons. The first kappa shape index (κ1) is 33.0. The lowest BCUT2D eigenvalue weighted by Crippen LogP contribution is -2.43. The molecule has 1 aromatic carbocycles. The Morgan fingerprint density at radius 3 is 2.57 bits per heavy atom. The van der Waals surface area contributed by atoms with Crippen LogP contribution in [0.15, 0.2) is 46.1 Å². The number of hydrogen-bond acceptors (Lipinski definition) is 12. The van der Waals surface area contributed by atoms with Crippen molar-refractivity contribution < 1.29 is 42.7 Å². The maximum Gasteiger partial charge on any atom is 0.395 e. The predicted molar refractivity (Wildman–Crippen MR) is 148 cm³/mol. The summed E-state index contributed by atoms with van der Waals surface area (Å²) in [5.74, 6) is -0.961. The van der Waals surface area contributed by atoms with Crippen molar-refractivity contribution in [2.24, 2.45) is 4.74 Å². The Morgan fingerprint density at radius 1 is 1.29 bits per heavy atom. The van der Waals surface area contributed by atoms with E-state index in [1.165, 1.54) is 31.3 Å². The van der Waals surface area contributed by atoms with E-state index in [2.05, 4.69) is 15.0 Å². The van der Waals surface area contributed by atoms with E-state index in [9.17, 15) is 24.4 Å². The van der Waals surface area contributed by atoms with Gasteiger partial charge < -0.3 is 34.4 Å². The summed E-state index contributed by atoms with van der Waals surface area (Å²) in [4.78, 5) is 54.4. The maximum atomic E-state index is 15.7. The fourth-order valence-corrected chi connectivity index (χ4v) is 4.67. The Balaban J connectivity index is 1.69. The lowest BCUT2D eigenvalue weighted by Gasteiger charge is -2.24. The van der Waals surface area contributed by atoms with Gasteiger partial charge in [0.05, 0.1) is 12.6 Å². The topological polar surface area (TPSA) is 177 Å². The summed E-state index contributed by atoms with van der Waals surface area (Å²) in [5, 5.41) is 13.2. The molecule has 0 aliphatic carbocycles. The Bertz CT molecular complexity index is 1350. The van der Waals surface area contributed by atoms with E-state index in [4.69, 9.17) is 18.7 Å². The molecule has 42 heavy (non-hydrogen) atoms. The number of carbonyl (C=O) groups excluding carboxylic acids is 2. The minimum atomic E-state index is -2.69. The van der Waals surface area contributed by atoms with Crippen LogP contribution in [-0.2, 0) is 19.1 Å². The van der Waals surface area contributed by atoms with Crippen LogP contribution in [0.2, 0.25) is 0 Å². The lowest BCUT2D eigenvalue weighted by atomic mass is 9.98. The van der Waals surface area contributed by atoms with Crippen LogP contribution in [0.1, 0.15) is 33.9 Å². The number of aliphatic hydroxyl groups excluding tert-OH is 1. The van der Waals surface area contributed by atoms with Crippen molar-refractivity contribution in [1.82, 2.24) is 14.5 Å². The number of aliphatic hydroxyl groups is 1. The van der Waals surface area contributed by atoms with Crippen molar-refractivity contribution in [2.45, 2.75) is 63.9 Å². The fraction of sp³-hybridized carbons (Fsp3) is 0.538. The zero-order chi connectivity index (χ0) is 31.2. The molecule has 16 heteroatoms. The molecule has 0 bridgehead atoms. The summed E-state index contributed by atoms with van der Waals surface area (Å²) < 4.78 is 42.2. The van der Waals surface area contributed by atoms with Crippen LogP contribution < -0.4 is 25.2 Å². The molecule has 1 aliphatic heterocycles. The molecule has 0 saturated carbocycles. The van der Waals surface area contributed by atoms with Crippen LogP contribution in [0.5, 0.6) is 11.5 Å². The number of amides is 1. The van der Waals surface area contributed by atoms with Crippen LogP contribution in [0.25, 0.3) is 0 Å². The number of para-hydroxylation sites is 2. The van der Waals surface area contributed by atoms with Crippen molar-refractivity contribution in [1.29, 1.82) is 0 Å². The first-order valence-electron chi connectivity index (χ1n) is 13.0. The number of anilines is 1. The molecule has 0 radical (unpaired) electrons. The minimum Gasteiger partial charge on any atom is -0.575 e. The Kier molecular flexibility index (Phi) is 11.1. The summed E-state index contributed by atoms with van der Waals surface area (Å²) in [6, 6.07) is 6.41. The molecule has 1 aromatic heterocycles. The number of rotatable bonds is 12. The summed E-state index contributed by atoms with van der Waals surface area (Å²) in [5.41, 5.74) is -3.33. The van der Waals surface area contributed by atoms with Gasteiger partial charge in [-0.25, -0.2) is 14.0 Å². The van der Waals surface area contributed by atoms with Crippen molar-refractivity contribution in [3.63, 3.8) is 0 Å². The molecule has 1 amide bonds. The van der Waals surface area contributed by atoms with Gasteiger partial charge in [-0.2, -0.15) is 4.98 Å². The minimum absolute atomic E-state index is 0.0185. The first-order valence-corrected chi connectivity index (χ1v) is 14.2. The van der Waals surface area contributed by atoms with Gasteiger partial charge in [0, 0.05) is 6.20 Å². The van der Waals surface area contributed by atoms with E-state index in [1.54, 1.807) is 45.0 Å². The van der Waals surface area contributed by atoms with E-state index in [-0.39, 0.29) is 36.6 Å².